The second-order valence-corrected chi connectivity index (χ2v) is 8.51. The maximum atomic E-state index is 13.5. The third-order valence-electron chi connectivity index (χ3n) is 4.77. The number of hydrogen-bond acceptors (Lipinski definition) is 7. The predicted octanol–water partition coefficient (Wildman–Crippen LogP) is 4.02. The van der Waals surface area contributed by atoms with E-state index in [9.17, 15) is 18.5 Å². The van der Waals surface area contributed by atoms with Gasteiger partial charge in [0.05, 0.1) is 43.4 Å². The minimum Gasteiger partial charge on any atom is -0.497 e. The van der Waals surface area contributed by atoms with Gasteiger partial charge in [0.25, 0.3) is 15.7 Å². The molecule has 0 aliphatic carbocycles. The zero-order valence-electron chi connectivity index (χ0n) is 17.7. The van der Waals surface area contributed by atoms with Gasteiger partial charge in [-0.1, -0.05) is 6.07 Å². The molecule has 0 aliphatic rings. The Hall–Kier alpha value is -3.79. The number of anilines is 1. The molecule has 0 N–H and O–H groups in total. The molecule has 3 aromatic carbocycles. The van der Waals surface area contributed by atoms with Gasteiger partial charge in [0.15, 0.2) is 11.5 Å². The molecule has 0 spiro atoms. The van der Waals surface area contributed by atoms with E-state index in [1.54, 1.807) is 42.5 Å². The molecule has 0 saturated carbocycles. The monoisotopic (exact) mass is 458 g/mol. The number of nitro benzene ring substituents is 1. The number of hydrogen-bond donors (Lipinski definition) is 0. The van der Waals surface area contributed by atoms with E-state index in [4.69, 9.17) is 14.2 Å². The van der Waals surface area contributed by atoms with Crippen molar-refractivity contribution in [2.45, 2.75) is 11.4 Å². The molecular weight excluding hydrogens is 436 g/mol. The Balaban J connectivity index is 2.06. The number of methoxy groups -OCH3 is 3. The predicted molar refractivity (Wildman–Crippen MR) is 119 cm³/mol. The molecule has 0 radical (unpaired) electrons. The maximum absolute atomic E-state index is 13.5. The van der Waals surface area contributed by atoms with E-state index < -0.39 is 14.9 Å². The Morgan fingerprint density at radius 3 is 2.00 bits per heavy atom. The highest BCUT2D eigenvalue weighted by atomic mass is 32.2. The SMILES string of the molecule is COc1ccc(N(Cc2ccc(OC)c(OC)c2)S(=O)(=O)c2ccc([N+](=O)[O-])cc2)cc1. The lowest BCUT2D eigenvalue weighted by molar-refractivity contribution is -0.384. The van der Waals surface area contributed by atoms with Crippen LogP contribution in [0.2, 0.25) is 0 Å². The Bertz CT molecular complexity index is 1190. The quantitative estimate of drug-likeness (QED) is 0.352. The zero-order chi connectivity index (χ0) is 23.3. The maximum Gasteiger partial charge on any atom is 0.269 e. The van der Waals surface area contributed by atoms with Crippen LogP contribution in [0.15, 0.2) is 71.6 Å². The Kier molecular flexibility index (Phi) is 6.84. The highest BCUT2D eigenvalue weighted by Gasteiger charge is 2.26. The molecule has 0 aliphatic heterocycles. The van der Waals surface area contributed by atoms with Crippen molar-refractivity contribution >= 4 is 21.4 Å². The number of non-ortho nitro benzene ring substituents is 1. The summed E-state index contributed by atoms with van der Waals surface area (Å²) in [7, 11) is 0.477. The third-order valence-corrected chi connectivity index (χ3v) is 6.56. The molecule has 0 amide bonds. The fourth-order valence-electron chi connectivity index (χ4n) is 3.08. The van der Waals surface area contributed by atoms with Gasteiger partial charge in [-0.05, 0) is 54.1 Å². The van der Waals surface area contributed by atoms with Crippen molar-refractivity contribution in [3.63, 3.8) is 0 Å². The summed E-state index contributed by atoms with van der Waals surface area (Å²) < 4.78 is 44.0. The molecule has 3 rings (SSSR count). The van der Waals surface area contributed by atoms with Crippen LogP contribution in [-0.4, -0.2) is 34.7 Å². The van der Waals surface area contributed by atoms with Crippen molar-refractivity contribution < 1.29 is 27.6 Å². The first-order valence-corrected chi connectivity index (χ1v) is 10.9. The van der Waals surface area contributed by atoms with Crippen LogP contribution in [-0.2, 0) is 16.6 Å². The summed E-state index contributed by atoms with van der Waals surface area (Å²) in [5.74, 6) is 1.56. The summed E-state index contributed by atoms with van der Waals surface area (Å²) in [5, 5.41) is 10.9. The largest absolute Gasteiger partial charge is 0.497 e. The lowest BCUT2D eigenvalue weighted by Crippen LogP contribution is -2.30. The lowest BCUT2D eigenvalue weighted by atomic mass is 10.2. The number of rotatable bonds is 9. The number of benzene rings is 3. The van der Waals surface area contributed by atoms with Crippen molar-refractivity contribution in [2.24, 2.45) is 0 Å². The smallest absolute Gasteiger partial charge is 0.269 e. The molecule has 10 heteroatoms. The van der Waals surface area contributed by atoms with Crippen LogP contribution >= 0.6 is 0 Å². The van der Waals surface area contributed by atoms with Crippen molar-refractivity contribution in [1.82, 2.24) is 0 Å². The van der Waals surface area contributed by atoms with Crippen LogP contribution < -0.4 is 18.5 Å². The van der Waals surface area contributed by atoms with Gasteiger partial charge in [0.1, 0.15) is 5.75 Å². The second kappa shape index (κ2) is 9.56. The highest BCUT2D eigenvalue weighted by molar-refractivity contribution is 7.92. The molecule has 0 unspecified atom stereocenters. The number of ether oxygens (including phenoxy) is 3. The third kappa shape index (κ3) is 4.75. The van der Waals surface area contributed by atoms with E-state index in [0.717, 1.165) is 12.1 Å². The van der Waals surface area contributed by atoms with E-state index in [1.807, 2.05) is 0 Å². The first-order valence-electron chi connectivity index (χ1n) is 9.42. The van der Waals surface area contributed by atoms with E-state index in [1.165, 1.54) is 37.8 Å². The van der Waals surface area contributed by atoms with Crippen LogP contribution in [0.5, 0.6) is 17.2 Å². The van der Waals surface area contributed by atoms with Crippen LogP contribution in [0.4, 0.5) is 11.4 Å². The van der Waals surface area contributed by atoms with E-state index in [0.29, 0.717) is 28.5 Å². The molecular formula is C22H22N2O7S. The Morgan fingerprint density at radius 2 is 1.47 bits per heavy atom. The molecule has 32 heavy (non-hydrogen) atoms. The summed E-state index contributed by atoms with van der Waals surface area (Å²) in [6.07, 6.45) is 0. The first-order chi connectivity index (χ1) is 15.3. The van der Waals surface area contributed by atoms with Crippen molar-refractivity contribution in [2.75, 3.05) is 25.6 Å². The van der Waals surface area contributed by atoms with E-state index in [-0.39, 0.29) is 17.1 Å². The van der Waals surface area contributed by atoms with Crippen molar-refractivity contribution in [1.29, 1.82) is 0 Å². The highest BCUT2D eigenvalue weighted by Crippen LogP contribution is 2.32. The molecule has 0 saturated heterocycles. The number of nitrogens with zero attached hydrogens (tertiary/aromatic N) is 2. The van der Waals surface area contributed by atoms with Gasteiger partial charge in [-0.15, -0.1) is 0 Å². The summed E-state index contributed by atoms with van der Waals surface area (Å²) in [6, 6.07) is 16.5. The number of sulfonamides is 1. The second-order valence-electron chi connectivity index (χ2n) is 6.65. The summed E-state index contributed by atoms with van der Waals surface area (Å²) >= 11 is 0. The fraction of sp³-hybridized carbons (Fsp3) is 0.182. The molecule has 0 bridgehead atoms. The van der Waals surface area contributed by atoms with Crippen molar-refractivity contribution in [3.05, 3.63) is 82.4 Å². The van der Waals surface area contributed by atoms with Gasteiger partial charge in [-0.3, -0.25) is 14.4 Å². The van der Waals surface area contributed by atoms with Gasteiger partial charge in [0, 0.05) is 12.1 Å². The molecule has 9 nitrogen and oxygen atoms in total. The fourth-order valence-corrected chi connectivity index (χ4v) is 4.53. The molecule has 168 valence electrons. The normalized spacial score (nSPS) is 11.0. The molecule has 3 aromatic rings. The number of nitro groups is 1. The minimum atomic E-state index is -4.05. The summed E-state index contributed by atoms with van der Waals surface area (Å²) in [5.41, 5.74) is 0.864. The van der Waals surface area contributed by atoms with Crippen LogP contribution in [0.3, 0.4) is 0 Å². The molecule has 0 aromatic heterocycles. The Morgan fingerprint density at radius 1 is 0.844 bits per heavy atom. The van der Waals surface area contributed by atoms with Gasteiger partial charge in [0.2, 0.25) is 0 Å². The van der Waals surface area contributed by atoms with E-state index in [2.05, 4.69) is 0 Å². The van der Waals surface area contributed by atoms with Crippen LogP contribution in [0.25, 0.3) is 0 Å². The average molecular weight is 458 g/mol. The van der Waals surface area contributed by atoms with Gasteiger partial charge in [-0.25, -0.2) is 8.42 Å². The minimum absolute atomic E-state index is 0.00793. The summed E-state index contributed by atoms with van der Waals surface area (Å²) in [4.78, 5) is 10.3. The molecule has 0 fully saturated rings. The van der Waals surface area contributed by atoms with Gasteiger partial charge >= 0.3 is 0 Å². The standard InChI is InChI=1S/C22H22N2O7S/c1-29-19-9-5-17(6-10-19)23(15-16-4-13-21(30-2)22(14-16)31-3)32(27,28)20-11-7-18(8-12-20)24(25)26/h4-14H,15H2,1-3H3. The zero-order valence-corrected chi connectivity index (χ0v) is 18.5. The van der Waals surface area contributed by atoms with Crippen LogP contribution in [0, 0.1) is 10.1 Å². The Labute approximate surface area is 186 Å². The topological polar surface area (TPSA) is 108 Å². The molecule has 0 heterocycles. The lowest BCUT2D eigenvalue weighted by Gasteiger charge is -2.25. The first kappa shape index (κ1) is 22.9. The average Bonchev–Trinajstić information content (AvgIpc) is 2.82. The van der Waals surface area contributed by atoms with Gasteiger partial charge < -0.3 is 14.2 Å². The van der Waals surface area contributed by atoms with E-state index >= 15 is 0 Å². The van der Waals surface area contributed by atoms with Crippen molar-refractivity contribution in [3.8, 4) is 17.2 Å². The van der Waals surface area contributed by atoms with Crippen LogP contribution in [0.1, 0.15) is 5.56 Å². The summed E-state index contributed by atoms with van der Waals surface area (Å²) in [6.45, 7) is -0.00793. The molecule has 0 atom stereocenters. The van der Waals surface area contributed by atoms with Gasteiger partial charge in [-0.2, -0.15) is 0 Å².